The Morgan fingerprint density at radius 2 is 1.70 bits per heavy atom. The van der Waals surface area contributed by atoms with Gasteiger partial charge in [0.2, 0.25) is 5.91 Å². The number of hydrogen-bond acceptors (Lipinski definition) is 2. The Labute approximate surface area is 113 Å². The zero-order valence-corrected chi connectivity index (χ0v) is 10.3. The Balaban J connectivity index is 2.11. The van der Waals surface area contributed by atoms with Gasteiger partial charge in [-0.2, -0.15) is 0 Å². The lowest BCUT2D eigenvalue weighted by Gasteiger charge is -2.08. The fourth-order valence-corrected chi connectivity index (χ4v) is 1.70. The normalized spacial score (nSPS) is 10.3. The van der Waals surface area contributed by atoms with Gasteiger partial charge in [-0.15, -0.1) is 0 Å². The summed E-state index contributed by atoms with van der Waals surface area (Å²) in [7, 11) is 0. The third-order valence-electron chi connectivity index (χ3n) is 2.67. The minimum atomic E-state index is -1.57. The molecule has 0 atom stereocenters. The highest BCUT2D eigenvalue weighted by Gasteiger charge is 2.12. The van der Waals surface area contributed by atoms with Crippen molar-refractivity contribution in [3.63, 3.8) is 0 Å². The predicted molar refractivity (Wildman–Crippen MR) is 69.5 cm³/mol. The van der Waals surface area contributed by atoms with E-state index in [1.807, 2.05) is 0 Å². The average Bonchev–Trinajstić information content (AvgIpc) is 2.38. The van der Waals surface area contributed by atoms with Crippen LogP contribution in [0, 0.1) is 17.5 Å². The molecule has 0 bridgehead atoms. The molecule has 0 aliphatic carbocycles. The van der Waals surface area contributed by atoms with Crippen molar-refractivity contribution in [2.75, 3.05) is 11.1 Å². The molecule has 0 unspecified atom stereocenters. The highest BCUT2D eigenvalue weighted by Crippen LogP contribution is 2.18. The molecule has 20 heavy (non-hydrogen) atoms. The zero-order valence-electron chi connectivity index (χ0n) is 10.3. The smallest absolute Gasteiger partial charge is 0.228 e. The summed E-state index contributed by atoms with van der Waals surface area (Å²) in [6.07, 6.45) is -0.0483. The average molecular weight is 280 g/mol. The lowest BCUT2D eigenvalue weighted by Crippen LogP contribution is -2.15. The first-order valence-corrected chi connectivity index (χ1v) is 5.75. The fraction of sp³-hybridized carbons (Fsp3) is 0.0714. The van der Waals surface area contributed by atoms with E-state index < -0.39 is 23.4 Å². The van der Waals surface area contributed by atoms with Gasteiger partial charge >= 0.3 is 0 Å². The maximum atomic E-state index is 13.0. The van der Waals surface area contributed by atoms with Gasteiger partial charge < -0.3 is 11.1 Å². The van der Waals surface area contributed by atoms with E-state index in [1.54, 1.807) is 24.3 Å². The number of amides is 1. The third kappa shape index (κ3) is 3.09. The maximum absolute atomic E-state index is 13.0. The largest absolute Gasteiger partial charge is 0.398 e. The molecular formula is C14H11F3N2O. The molecule has 104 valence electrons. The van der Waals surface area contributed by atoms with E-state index in [0.717, 1.165) is 0 Å². The van der Waals surface area contributed by atoms with Crippen molar-refractivity contribution in [2.24, 2.45) is 0 Å². The van der Waals surface area contributed by atoms with Gasteiger partial charge in [-0.1, -0.05) is 18.2 Å². The molecule has 0 saturated heterocycles. The van der Waals surface area contributed by atoms with Crippen molar-refractivity contribution < 1.29 is 18.0 Å². The van der Waals surface area contributed by atoms with Gasteiger partial charge in [-0.05, 0) is 11.6 Å². The van der Waals surface area contributed by atoms with E-state index in [2.05, 4.69) is 5.32 Å². The number of nitrogens with one attached hydrogen (secondary N) is 1. The number of carbonyl (C=O) groups is 1. The minimum absolute atomic E-state index is 0.0483. The molecule has 3 nitrogen and oxygen atoms in total. The van der Waals surface area contributed by atoms with Crippen molar-refractivity contribution in [3.8, 4) is 0 Å². The Kier molecular flexibility index (Phi) is 3.93. The monoisotopic (exact) mass is 280 g/mol. The van der Waals surface area contributed by atoms with Crippen LogP contribution in [0.1, 0.15) is 5.56 Å². The molecular weight excluding hydrogens is 269 g/mol. The van der Waals surface area contributed by atoms with Crippen LogP contribution in [-0.4, -0.2) is 5.91 Å². The van der Waals surface area contributed by atoms with Crippen molar-refractivity contribution in [1.82, 2.24) is 0 Å². The number of hydrogen-bond donors (Lipinski definition) is 2. The van der Waals surface area contributed by atoms with E-state index in [1.165, 1.54) is 0 Å². The molecule has 0 aliphatic heterocycles. The fourth-order valence-electron chi connectivity index (χ4n) is 1.70. The number of halogens is 3. The molecule has 0 radical (unpaired) electrons. The van der Waals surface area contributed by atoms with E-state index in [4.69, 9.17) is 5.73 Å². The van der Waals surface area contributed by atoms with Crippen LogP contribution in [0.4, 0.5) is 24.5 Å². The summed E-state index contributed by atoms with van der Waals surface area (Å²) >= 11 is 0. The van der Waals surface area contributed by atoms with Crippen LogP contribution < -0.4 is 11.1 Å². The third-order valence-corrected chi connectivity index (χ3v) is 2.67. The number of nitrogens with two attached hydrogens (primary N) is 1. The highest BCUT2D eigenvalue weighted by atomic mass is 19.2. The molecule has 2 rings (SSSR count). The van der Waals surface area contributed by atoms with Crippen LogP contribution in [0.3, 0.4) is 0 Å². The molecule has 0 heterocycles. The quantitative estimate of drug-likeness (QED) is 0.671. The number of carbonyl (C=O) groups excluding carboxylic acids is 1. The maximum Gasteiger partial charge on any atom is 0.228 e. The second-order valence-electron chi connectivity index (χ2n) is 4.18. The van der Waals surface area contributed by atoms with Gasteiger partial charge in [-0.25, -0.2) is 13.2 Å². The van der Waals surface area contributed by atoms with Crippen LogP contribution >= 0.6 is 0 Å². The molecule has 3 N–H and O–H groups in total. The van der Waals surface area contributed by atoms with Gasteiger partial charge in [0.05, 0.1) is 6.42 Å². The Bertz CT molecular complexity index is 636. The molecule has 0 aliphatic rings. The predicted octanol–water partition coefficient (Wildman–Crippen LogP) is 2.87. The summed E-state index contributed by atoms with van der Waals surface area (Å²) in [6, 6.07) is 8.17. The Hall–Kier alpha value is -2.50. The van der Waals surface area contributed by atoms with Crippen LogP contribution in [0.5, 0.6) is 0 Å². The van der Waals surface area contributed by atoms with Crippen molar-refractivity contribution in [3.05, 3.63) is 59.4 Å². The van der Waals surface area contributed by atoms with Gasteiger partial charge in [-0.3, -0.25) is 4.79 Å². The molecule has 0 saturated carbocycles. The molecule has 0 aromatic heterocycles. The summed E-state index contributed by atoms with van der Waals surface area (Å²) in [4.78, 5) is 11.7. The van der Waals surface area contributed by atoms with Crippen LogP contribution in [0.25, 0.3) is 0 Å². The standard InChI is InChI=1S/C14H11F3N2O/c15-10-6-9(7-11(16)14(10)17)19-13(20)5-8-3-1-2-4-12(8)18/h1-4,6-7H,5,18H2,(H,19,20). The molecule has 2 aromatic carbocycles. The second kappa shape index (κ2) is 5.64. The summed E-state index contributed by atoms with van der Waals surface area (Å²) in [5.74, 6) is -4.80. The van der Waals surface area contributed by atoms with Crippen molar-refractivity contribution in [1.29, 1.82) is 0 Å². The first kappa shape index (κ1) is 13.9. The first-order chi connectivity index (χ1) is 9.47. The van der Waals surface area contributed by atoms with Gasteiger partial charge in [0.25, 0.3) is 0 Å². The number of rotatable bonds is 3. The molecule has 1 amide bonds. The van der Waals surface area contributed by atoms with Crippen molar-refractivity contribution >= 4 is 17.3 Å². The van der Waals surface area contributed by atoms with E-state index in [9.17, 15) is 18.0 Å². The van der Waals surface area contributed by atoms with Gasteiger partial charge in [0, 0.05) is 23.5 Å². The summed E-state index contributed by atoms with van der Waals surface area (Å²) < 4.78 is 38.8. The van der Waals surface area contributed by atoms with E-state index in [-0.39, 0.29) is 12.1 Å². The molecule has 6 heteroatoms. The number of benzene rings is 2. The van der Waals surface area contributed by atoms with E-state index in [0.29, 0.717) is 23.4 Å². The van der Waals surface area contributed by atoms with E-state index >= 15 is 0 Å². The Morgan fingerprint density at radius 1 is 1.10 bits per heavy atom. The number of anilines is 2. The first-order valence-electron chi connectivity index (χ1n) is 5.75. The summed E-state index contributed by atoms with van der Waals surface area (Å²) in [6.45, 7) is 0. The lowest BCUT2D eigenvalue weighted by molar-refractivity contribution is -0.115. The molecule has 0 spiro atoms. The highest BCUT2D eigenvalue weighted by molar-refractivity contribution is 5.93. The molecule has 0 fully saturated rings. The second-order valence-corrected chi connectivity index (χ2v) is 4.18. The molecule has 2 aromatic rings. The van der Waals surface area contributed by atoms with Gasteiger partial charge in [0.15, 0.2) is 17.5 Å². The summed E-state index contributed by atoms with van der Waals surface area (Å²) in [5, 5.41) is 2.29. The van der Waals surface area contributed by atoms with Crippen LogP contribution in [-0.2, 0) is 11.2 Å². The van der Waals surface area contributed by atoms with Gasteiger partial charge in [0.1, 0.15) is 0 Å². The zero-order chi connectivity index (χ0) is 14.7. The SMILES string of the molecule is Nc1ccccc1CC(=O)Nc1cc(F)c(F)c(F)c1. The number of nitrogen functional groups attached to an aromatic ring is 1. The summed E-state index contributed by atoms with van der Waals surface area (Å²) in [5.41, 5.74) is 6.56. The Morgan fingerprint density at radius 3 is 2.30 bits per heavy atom. The lowest BCUT2D eigenvalue weighted by atomic mass is 10.1. The minimum Gasteiger partial charge on any atom is -0.398 e. The van der Waals surface area contributed by atoms with Crippen LogP contribution in [0.2, 0.25) is 0 Å². The van der Waals surface area contributed by atoms with Crippen LogP contribution in [0.15, 0.2) is 36.4 Å². The number of para-hydroxylation sites is 1. The van der Waals surface area contributed by atoms with Crippen molar-refractivity contribution in [2.45, 2.75) is 6.42 Å². The topological polar surface area (TPSA) is 55.1 Å².